The minimum atomic E-state index is -0.405. The molecule has 0 aliphatic carbocycles. The molecule has 0 saturated heterocycles. The van der Waals surface area contributed by atoms with E-state index in [0.717, 1.165) is 5.69 Å². The van der Waals surface area contributed by atoms with Crippen LogP contribution in [0.25, 0.3) is 0 Å². The summed E-state index contributed by atoms with van der Waals surface area (Å²) >= 11 is 0. The molecule has 0 fully saturated rings. The summed E-state index contributed by atoms with van der Waals surface area (Å²) in [7, 11) is 0. The van der Waals surface area contributed by atoms with Crippen LogP contribution in [0.1, 0.15) is 30.6 Å². The van der Waals surface area contributed by atoms with Gasteiger partial charge in [0.1, 0.15) is 5.82 Å². The van der Waals surface area contributed by atoms with Crippen molar-refractivity contribution in [2.24, 2.45) is 0 Å². The van der Waals surface area contributed by atoms with Crippen molar-refractivity contribution in [2.45, 2.75) is 20.3 Å². The van der Waals surface area contributed by atoms with Crippen molar-refractivity contribution in [2.75, 3.05) is 24.6 Å². The zero-order valence-corrected chi connectivity index (χ0v) is 10.2. The van der Waals surface area contributed by atoms with Crippen molar-refractivity contribution in [1.29, 1.82) is 0 Å². The van der Waals surface area contributed by atoms with Crippen molar-refractivity contribution >= 4 is 11.5 Å². The molecule has 0 heterocycles. The summed E-state index contributed by atoms with van der Waals surface area (Å²) in [5.41, 5.74) is 1.12. The molecule has 3 nitrogen and oxygen atoms in total. The third-order valence-corrected chi connectivity index (χ3v) is 2.65. The van der Waals surface area contributed by atoms with Crippen molar-refractivity contribution in [3.63, 3.8) is 0 Å². The Balaban J connectivity index is 3.05. The molecular weight excluding hydrogens is 221 g/mol. The number of halogens is 1. The molecule has 1 aromatic rings. The van der Waals surface area contributed by atoms with Crippen LogP contribution in [0.5, 0.6) is 0 Å². The van der Waals surface area contributed by atoms with Crippen LogP contribution in [-0.2, 0) is 0 Å². The number of benzene rings is 1. The van der Waals surface area contributed by atoms with E-state index >= 15 is 0 Å². The lowest BCUT2D eigenvalue weighted by atomic mass is 10.1. The first kappa shape index (κ1) is 13.6. The zero-order valence-electron chi connectivity index (χ0n) is 10.2. The first-order chi connectivity index (χ1) is 8.10. The summed E-state index contributed by atoms with van der Waals surface area (Å²) in [4.78, 5) is 13.4. The van der Waals surface area contributed by atoms with Crippen LogP contribution in [0.4, 0.5) is 10.1 Å². The van der Waals surface area contributed by atoms with Gasteiger partial charge < -0.3 is 10.0 Å². The Morgan fingerprint density at radius 1 is 1.47 bits per heavy atom. The Morgan fingerprint density at radius 2 is 2.18 bits per heavy atom. The largest absolute Gasteiger partial charge is 0.396 e. The number of aliphatic hydroxyl groups is 1. The van der Waals surface area contributed by atoms with E-state index in [0.29, 0.717) is 25.1 Å². The number of hydrogen-bond donors (Lipinski definition) is 1. The number of Topliss-reactive ketones (excluding diaryl/α,β-unsaturated/α-hetero) is 1. The Kier molecular flexibility index (Phi) is 5.10. The molecule has 4 heteroatoms. The second kappa shape index (κ2) is 6.35. The van der Waals surface area contributed by atoms with Gasteiger partial charge in [-0.25, -0.2) is 4.39 Å². The Hall–Kier alpha value is -1.42. The van der Waals surface area contributed by atoms with Crippen molar-refractivity contribution < 1.29 is 14.3 Å². The van der Waals surface area contributed by atoms with Crippen LogP contribution in [-0.4, -0.2) is 30.6 Å². The van der Waals surface area contributed by atoms with E-state index in [-0.39, 0.29) is 12.4 Å². The SMILES string of the molecule is CCN(CCCO)c1ccc(F)cc1C(C)=O. The second-order valence-electron chi connectivity index (χ2n) is 3.87. The van der Waals surface area contributed by atoms with Crippen LogP contribution in [0, 0.1) is 5.82 Å². The molecule has 1 aromatic carbocycles. The van der Waals surface area contributed by atoms with Gasteiger partial charge in [0, 0.05) is 30.9 Å². The fourth-order valence-electron chi connectivity index (χ4n) is 1.78. The normalized spacial score (nSPS) is 10.4. The minimum absolute atomic E-state index is 0.104. The first-order valence-electron chi connectivity index (χ1n) is 5.76. The van der Waals surface area contributed by atoms with E-state index in [1.807, 2.05) is 11.8 Å². The fraction of sp³-hybridized carbons (Fsp3) is 0.462. The molecule has 1 N–H and O–H groups in total. The van der Waals surface area contributed by atoms with E-state index in [9.17, 15) is 9.18 Å². The highest BCUT2D eigenvalue weighted by molar-refractivity contribution is 5.99. The highest BCUT2D eigenvalue weighted by Gasteiger charge is 2.13. The number of nitrogens with zero attached hydrogens (tertiary/aromatic N) is 1. The number of carbonyl (C=O) groups excluding carboxylic acids is 1. The zero-order chi connectivity index (χ0) is 12.8. The average Bonchev–Trinajstić information content (AvgIpc) is 2.31. The number of aliphatic hydroxyl groups excluding tert-OH is 1. The van der Waals surface area contributed by atoms with Crippen molar-refractivity contribution in [1.82, 2.24) is 0 Å². The minimum Gasteiger partial charge on any atom is -0.396 e. The predicted molar refractivity (Wildman–Crippen MR) is 66.0 cm³/mol. The van der Waals surface area contributed by atoms with Gasteiger partial charge in [-0.2, -0.15) is 0 Å². The molecule has 0 radical (unpaired) electrons. The van der Waals surface area contributed by atoms with E-state index in [1.165, 1.54) is 19.1 Å². The lowest BCUT2D eigenvalue weighted by Crippen LogP contribution is -2.26. The Bertz CT molecular complexity index is 393. The van der Waals surface area contributed by atoms with E-state index in [1.54, 1.807) is 6.07 Å². The highest BCUT2D eigenvalue weighted by Crippen LogP contribution is 2.22. The molecule has 0 saturated carbocycles. The van der Waals surface area contributed by atoms with Gasteiger partial charge in [-0.05, 0) is 38.5 Å². The van der Waals surface area contributed by atoms with E-state index < -0.39 is 5.82 Å². The summed E-state index contributed by atoms with van der Waals surface area (Å²) in [6.07, 6.45) is 0.628. The number of anilines is 1. The van der Waals surface area contributed by atoms with E-state index in [2.05, 4.69) is 0 Å². The molecule has 0 aromatic heterocycles. The summed E-state index contributed by atoms with van der Waals surface area (Å²) in [6.45, 7) is 4.86. The van der Waals surface area contributed by atoms with Crippen LogP contribution >= 0.6 is 0 Å². The Morgan fingerprint density at radius 3 is 2.71 bits per heavy atom. The topological polar surface area (TPSA) is 40.5 Å². The number of hydrogen-bond acceptors (Lipinski definition) is 3. The number of rotatable bonds is 6. The molecule has 0 aliphatic heterocycles. The molecule has 0 unspecified atom stereocenters. The lowest BCUT2D eigenvalue weighted by Gasteiger charge is -2.24. The molecular formula is C13H18FNO2. The third-order valence-electron chi connectivity index (χ3n) is 2.65. The Labute approximate surface area is 101 Å². The van der Waals surface area contributed by atoms with Gasteiger partial charge in [0.2, 0.25) is 0 Å². The van der Waals surface area contributed by atoms with Gasteiger partial charge in [0.25, 0.3) is 0 Å². The maximum absolute atomic E-state index is 13.1. The molecule has 0 atom stereocenters. The quantitative estimate of drug-likeness (QED) is 0.774. The smallest absolute Gasteiger partial charge is 0.161 e. The molecule has 0 bridgehead atoms. The molecule has 17 heavy (non-hydrogen) atoms. The first-order valence-corrected chi connectivity index (χ1v) is 5.76. The summed E-state index contributed by atoms with van der Waals surface area (Å²) in [6, 6.07) is 4.23. The van der Waals surface area contributed by atoms with Crippen LogP contribution in [0.3, 0.4) is 0 Å². The summed E-state index contributed by atoms with van der Waals surface area (Å²) in [5.74, 6) is -0.556. The van der Waals surface area contributed by atoms with E-state index in [4.69, 9.17) is 5.11 Å². The van der Waals surface area contributed by atoms with Gasteiger partial charge in [0.05, 0.1) is 0 Å². The number of ketones is 1. The summed E-state index contributed by atoms with van der Waals surface area (Å²) in [5, 5.41) is 8.83. The van der Waals surface area contributed by atoms with Gasteiger partial charge >= 0.3 is 0 Å². The van der Waals surface area contributed by atoms with Crippen LogP contribution in [0.2, 0.25) is 0 Å². The lowest BCUT2D eigenvalue weighted by molar-refractivity contribution is 0.101. The molecule has 0 amide bonds. The van der Waals surface area contributed by atoms with Gasteiger partial charge in [-0.1, -0.05) is 0 Å². The van der Waals surface area contributed by atoms with Gasteiger partial charge in [-0.15, -0.1) is 0 Å². The fourth-order valence-corrected chi connectivity index (χ4v) is 1.78. The average molecular weight is 239 g/mol. The number of carbonyl (C=O) groups is 1. The third kappa shape index (κ3) is 3.53. The molecule has 0 aliphatic rings. The van der Waals surface area contributed by atoms with Crippen molar-refractivity contribution in [3.05, 3.63) is 29.6 Å². The van der Waals surface area contributed by atoms with Gasteiger partial charge in [-0.3, -0.25) is 4.79 Å². The monoisotopic (exact) mass is 239 g/mol. The van der Waals surface area contributed by atoms with Crippen molar-refractivity contribution in [3.8, 4) is 0 Å². The standard InChI is InChI=1S/C13H18FNO2/c1-3-15(7-4-8-16)13-6-5-11(14)9-12(13)10(2)17/h5-6,9,16H,3-4,7-8H2,1-2H3. The molecule has 94 valence electrons. The van der Waals surface area contributed by atoms with Gasteiger partial charge in [0.15, 0.2) is 5.78 Å². The van der Waals surface area contributed by atoms with Crippen LogP contribution in [0.15, 0.2) is 18.2 Å². The maximum Gasteiger partial charge on any atom is 0.161 e. The predicted octanol–water partition coefficient (Wildman–Crippen LogP) is 2.24. The maximum atomic E-state index is 13.1. The molecule has 1 rings (SSSR count). The highest BCUT2D eigenvalue weighted by atomic mass is 19.1. The summed E-state index contributed by atoms with van der Waals surface area (Å²) < 4.78 is 13.1. The van der Waals surface area contributed by atoms with Crippen LogP contribution < -0.4 is 4.90 Å². The second-order valence-corrected chi connectivity index (χ2v) is 3.87. The molecule has 0 spiro atoms.